The van der Waals surface area contributed by atoms with Gasteiger partial charge in [0.05, 0.1) is 16.4 Å². The number of rotatable bonds is 2. The normalized spacial score (nSPS) is 10.8. The van der Waals surface area contributed by atoms with E-state index < -0.39 is 0 Å². The van der Waals surface area contributed by atoms with Crippen LogP contribution in [0.15, 0.2) is 0 Å². The molecule has 0 saturated carbocycles. The molecule has 2 aromatic heterocycles. The number of carbonyl (C=O) groups is 1. The Morgan fingerprint density at radius 3 is 2.50 bits per heavy atom. The summed E-state index contributed by atoms with van der Waals surface area (Å²) in [5.74, 6) is 0. The van der Waals surface area contributed by atoms with E-state index in [4.69, 9.17) is 23.2 Å². The molecule has 0 N–H and O–H groups in total. The summed E-state index contributed by atoms with van der Waals surface area (Å²) in [6, 6.07) is 0. The van der Waals surface area contributed by atoms with Crippen LogP contribution in [0.2, 0.25) is 10.2 Å². The molecule has 4 nitrogen and oxygen atoms in total. The van der Waals surface area contributed by atoms with Gasteiger partial charge in [0, 0.05) is 0 Å². The first-order chi connectivity index (χ1) is 7.54. The fourth-order valence-corrected chi connectivity index (χ4v) is 2.46. The van der Waals surface area contributed by atoms with Crippen molar-refractivity contribution in [2.75, 3.05) is 0 Å². The lowest BCUT2D eigenvalue weighted by Crippen LogP contribution is -1.97. The van der Waals surface area contributed by atoms with Crippen molar-refractivity contribution in [1.82, 2.24) is 14.8 Å². The van der Waals surface area contributed by atoms with Gasteiger partial charge in [0.15, 0.2) is 11.4 Å². The van der Waals surface area contributed by atoms with E-state index in [1.165, 1.54) is 11.3 Å². The smallest absolute Gasteiger partial charge is 0.212 e. The molecule has 0 fully saturated rings. The molecule has 0 aliphatic rings. The van der Waals surface area contributed by atoms with Gasteiger partial charge >= 0.3 is 0 Å². The molecule has 2 aromatic rings. The summed E-state index contributed by atoms with van der Waals surface area (Å²) in [7, 11) is 0. The van der Waals surface area contributed by atoms with Crippen molar-refractivity contribution in [3.05, 3.63) is 26.4 Å². The molecule has 0 radical (unpaired) electrons. The molecule has 0 atom stereocenters. The average Bonchev–Trinajstić information content (AvgIpc) is 2.74. The van der Waals surface area contributed by atoms with Gasteiger partial charge in [-0.1, -0.05) is 34.5 Å². The predicted octanol–water partition coefficient (Wildman–Crippen LogP) is 3.06. The summed E-state index contributed by atoms with van der Waals surface area (Å²) in [5, 5.41) is 5.56. The zero-order valence-corrected chi connectivity index (χ0v) is 10.8. The highest BCUT2D eigenvalue weighted by molar-refractivity contribution is 7.16. The molecule has 0 bridgehead atoms. The van der Waals surface area contributed by atoms with Crippen molar-refractivity contribution in [1.29, 1.82) is 0 Å². The number of thiazole rings is 1. The molecule has 0 saturated heterocycles. The largest absolute Gasteiger partial charge is 0.297 e. The third-order valence-corrected chi connectivity index (χ3v) is 3.99. The number of aldehydes is 1. The number of carbonyl (C=O) groups excluding carboxylic acids is 1. The Kier molecular flexibility index (Phi) is 3.01. The lowest BCUT2D eigenvalue weighted by atomic mass is 10.4. The summed E-state index contributed by atoms with van der Waals surface area (Å²) < 4.78 is 1.58. The van der Waals surface area contributed by atoms with Crippen LogP contribution in [-0.4, -0.2) is 21.1 Å². The van der Waals surface area contributed by atoms with Crippen molar-refractivity contribution in [3.63, 3.8) is 0 Å². The van der Waals surface area contributed by atoms with Crippen molar-refractivity contribution in [2.45, 2.75) is 13.8 Å². The molecule has 0 amide bonds. The van der Waals surface area contributed by atoms with Crippen LogP contribution in [0, 0.1) is 13.8 Å². The van der Waals surface area contributed by atoms with E-state index in [9.17, 15) is 4.79 Å². The third-order valence-electron chi connectivity index (χ3n) is 2.09. The molecule has 0 aliphatic carbocycles. The maximum absolute atomic E-state index is 10.7. The van der Waals surface area contributed by atoms with Gasteiger partial charge in [-0.3, -0.25) is 4.79 Å². The van der Waals surface area contributed by atoms with Crippen molar-refractivity contribution < 1.29 is 4.79 Å². The SMILES string of the molecule is Cc1nn(-c2nc(Cl)c(C=O)s2)c(C)c1Cl. The minimum absolute atomic E-state index is 0.193. The van der Waals surface area contributed by atoms with Gasteiger partial charge in [-0.05, 0) is 13.8 Å². The van der Waals surface area contributed by atoms with Crippen LogP contribution in [0.3, 0.4) is 0 Å². The molecule has 0 spiro atoms. The molecule has 0 unspecified atom stereocenters. The Morgan fingerprint density at radius 1 is 1.38 bits per heavy atom. The second kappa shape index (κ2) is 4.16. The topological polar surface area (TPSA) is 47.8 Å². The quantitative estimate of drug-likeness (QED) is 0.792. The Bertz CT molecular complexity index is 561. The second-order valence-electron chi connectivity index (χ2n) is 3.17. The van der Waals surface area contributed by atoms with Gasteiger partial charge in [-0.15, -0.1) is 0 Å². The second-order valence-corrected chi connectivity index (χ2v) is 4.91. The molecule has 0 aromatic carbocycles. The van der Waals surface area contributed by atoms with E-state index in [1.54, 1.807) is 4.68 Å². The molecule has 16 heavy (non-hydrogen) atoms. The highest BCUT2D eigenvalue weighted by Crippen LogP contribution is 2.28. The van der Waals surface area contributed by atoms with Crippen LogP contribution >= 0.6 is 34.5 Å². The zero-order valence-electron chi connectivity index (χ0n) is 8.49. The molecule has 2 rings (SSSR count). The molecule has 84 valence electrons. The minimum Gasteiger partial charge on any atom is -0.297 e. The fraction of sp³-hybridized carbons (Fsp3) is 0.222. The van der Waals surface area contributed by atoms with Crippen molar-refractivity contribution in [2.24, 2.45) is 0 Å². The van der Waals surface area contributed by atoms with E-state index in [2.05, 4.69) is 10.1 Å². The van der Waals surface area contributed by atoms with Crippen LogP contribution < -0.4 is 0 Å². The third kappa shape index (κ3) is 1.75. The molecule has 0 aliphatic heterocycles. The van der Waals surface area contributed by atoms with E-state index in [0.29, 0.717) is 21.3 Å². The monoisotopic (exact) mass is 275 g/mol. The van der Waals surface area contributed by atoms with Gasteiger partial charge in [0.25, 0.3) is 0 Å². The molecular weight excluding hydrogens is 269 g/mol. The van der Waals surface area contributed by atoms with Crippen LogP contribution in [-0.2, 0) is 0 Å². The van der Waals surface area contributed by atoms with Crippen LogP contribution in [0.4, 0.5) is 0 Å². The van der Waals surface area contributed by atoms with E-state index >= 15 is 0 Å². The standard InChI is InChI=1S/C9H7Cl2N3OS/c1-4-7(10)5(2)14(13-4)9-12-8(11)6(3-15)16-9/h3H,1-2H3. The first-order valence-corrected chi connectivity index (χ1v) is 5.95. The number of aryl methyl sites for hydroxylation is 1. The number of hydrogen-bond acceptors (Lipinski definition) is 4. The summed E-state index contributed by atoms with van der Waals surface area (Å²) >= 11 is 13.0. The lowest BCUT2D eigenvalue weighted by Gasteiger charge is -1.96. The van der Waals surface area contributed by atoms with Gasteiger partial charge in [-0.25, -0.2) is 9.67 Å². The van der Waals surface area contributed by atoms with E-state index in [0.717, 1.165) is 11.4 Å². The van der Waals surface area contributed by atoms with E-state index in [1.807, 2.05) is 13.8 Å². The highest BCUT2D eigenvalue weighted by Gasteiger charge is 2.15. The van der Waals surface area contributed by atoms with Gasteiger partial charge in [-0.2, -0.15) is 5.10 Å². The maximum Gasteiger partial charge on any atom is 0.212 e. The van der Waals surface area contributed by atoms with Crippen LogP contribution in [0.1, 0.15) is 21.1 Å². The predicted molar refractivity (Wildman–Crippen MR) is 64.1 cm³/mol. The average molecular weight is 276 g/mol. The van der Waals surface area contributed by atoms with E-state index in [-0.39, 0.29) is 5.15 Å². The molecular formula is C9H7Cl2N3OS. The zero-order chi connectivity index (χ0) is 11.9. The summed E-state index contributed by atoms with van der Waals surface area (Å²) in [5.41, 5.74) is 1.50. The molecule has 2 heterocycles. The minimum atomic E-state index is 0.193. The summed E-state index contributed by atoms with van der Waals surface area (Å²) in [4.78, 5) is 15.1. The van der Waals surface area contributed by atoms with Crippen LogP contribution in [0.5, 0.6) is 0 Å². The Labute approximate surface area is 106 Å². The number of hydrogen-bond donors (Lipinski definition) is 0. The van der Waals surface area contributed by atoms with Crippen molar-refractivity contribution in [3.8, 4) is 5.13 Å². The first kappa shape index (κ1) is 11.6. The summed E-state index contributed by atoms with van der Waals surface area (Å²) in [6.07, 6.45) is 0.677. The maximum atomic E-state index is 10.7. The number of nitrogens with zero attached hydrogens (tertiary/aromatic N) is 3. The molecule has 7 heteroatoms. The van der Waals surface area contributed by atoms with Crippen molar-refractivity contribution >= 4 is 40.8 Å². The number of aromatic nitrogens is 3. The van der Waals surface area contributed by atoms with Gasteiger partial charge < -0.3 is 0 Å². The Morgan fingerprint density at radius 2 is 2.06 bits per heavy atom. The van der Waals surface area contributed by atoms with Crippen LogP contribution in [0.25, 0.3) is 5.13 Å². The Hall–Kier alpha value is -0.910. The van der Waals surface area contributed by atoms with Gasteiger partial charge in [0.2, 0.25) is 5.13 Å². The first-order valence-electron chi connectivity index (χ1n) is 4.38. The summed E-state index contributed by atoms with van der Waals surface area (Å²) in [6.45, 7) is 3.64. The lowest BCUT2D eigenvalue weighted by molar-refractivity contribution is 0.112. The highest BCUT2D eigenvalue weighted by atomic mass is 35.5. The number of halogens is 2. The fourth-order valence-electron chi connectivity index (χ4n) is 1.28. The Balaban J connectivity index is 2.58. The van der Waals surface area contributed by atoms with Gasteiger partial charge in [0.1, 0.15) is 4.88 Å².